The summed E-state index contributed by atoms with van der Waals surface area (Å²) in [6, 6.07) is 2.06. The number of hydrogen-bond donors (Lipinski definition) is 2. The third-order valence-corrected chi connectivity index (χ3v) is 8.21. The Morgan fingerprint density at radius 1 is 1.12 bits per heavy atom. The maximum absolute atomic E-state index is 16.0. The van der Waals surface area contributed by atoms with E-state index in [1.54, 1.807) is 13.8 Å². The van der Waals surface area contributed by atoms with Crippen LogP contribution in [0.4, 0.5) is 26.3 Å². The van der Waals surface area contributed by atoms with Gasteiger partial charge < -0.3 is 11.1 Å². The molecule has 5 rings (SSSR count). The van der Waals surface area contributed by atoms with Crippen LogP contribution in [0.25, 0.3) is 5.65 Å². The van der Waals surface area contributed by atoms with Gasteiger partial charge in [0.1, 0.15) is 11.4 Å². The number of nitrogens with zero attached hydrogens (tertiary/aromatic N) is 5. The Bertz CT molecular complexity index is 1500. The summed E-state index contributed by atoms with van der Waals surface area (Å²) in [5.74, 6) is -6.55. The fourth-order valence-corrected chi connectivity index (χ4v) is 5.86. The molecule has 2 amide bonds. The molecule has 3 heterocycles. The van der Waals surface area contributed by atoms with Crippen LogP contribution in [0.15, 0.2) is 18.3 Å². The first-order valence-electron chi connectivity index (χ1n) is 14.3. The summed E-state index contributed by atoms with van der Waals surface area (Å²) < 4.78 is 84.4. The van der Waals surface area contributed by atoms with E-state index in [0.717, 1.165) is 17.4 Å². The molecule has 3 N–H and O–H groups in total. The molecule has 0 unspecified atom stereocenters. The highest BCUT2D eigenvalue weighted by molar-refractivity contribution is 5.91. The quantitative estimate of drug-likeness (QED) is 0.288. The number of aromatic nitrogens is 5. The van der Waals surface area contributed by atoms with Gasteiger partial charge in [0.25, 0.3) is 5.91 Å². The minimum Gasteiger partial charge on any atom is -0.364 e. The number of carbonyl (C=O) groups is 2. The minimum atomic E-state index is -4.47. The van der Waals surface area contributed by atoms with Gasteiger partial charge in [-0.3, -0.25) is 14.3 Å². The van der Waals surface area contributed by atoms with Crippen molar-refractivity contribution >= 4 is 17.5 Å². The van der Waals surface area contributed by atoms with E-state index in [0.29, 0.717) is 5.56 Å². The van der Waals surface area contributed by atoms with E-state index in [-0.39, 0.29) is 47.5 Å². The highest BCUT2D eigenvalue weighted by Crippen LogP contribution is 2.46. The van der Waals surface area contributed by atoms with Crippen molar-refractivity contribution in [3.05, 3.63) is 46.9 Å². The van der Waals surface area contributed by atoms with E-state index >= 15 is 4.39 Å². The van der Waals surface area contributed by atoms with Crippen LogP contribution >= 0.6 is 0 Å². The van der Waals surface area contributed by atoms with E-state index in [1.807, 2.05) is 0 Å². The summed E-state index contributed by atoms with van der Waals surface area (Å²) >= 11 is 0. The van der Waals surface area contributed by atoms with Crippen LogP contribution in [-0.4, -0.2) is 48.3 Å². The molecule has 3 aromatic heterocycles. The Kier molecular flexibility index (Phi) is 8.20. The zero-order chi connectivity index (χ0) is 31.3. The Morgan fingerprint density at radius 3 is 2.35 bits per heavy atom. The monoisotopic (exact) mass is 613 g/mol. The largest absolute Gasteiger partial charge is 0.389 e. The van der Waals surface area contributed by atoms with Gasteiger partial charge in [-0.2, -0.15) is 32.3 Å². The standard InChI is InChI=1S/C28H33F6N7O2/c1-14(2)40-19(26(35)43)12-18(39-40)22(15-5-8-27(30,31)9-6-15)24-25(29)41-20(37-24)11-17(13-36-41)23(16-3-4-16)38-21(42)7-10-28(32,33)34/h11-16,22-23H,3-10H2,1-2H3,(H2,35,43)(H,38,42)/t22-,23-/m1/s1. The first kappa shape index (κ1) is 30.8. The molecule has 0 aliphatic heterocycles. The van der Waals surface area contributed by atoms with Crippen molar-refractivity contribution in [1.29, 1.82) is 0 Å². The van der Waals surface area contributed by atoms with E-state index in [9.17, 15) is 31.5 Å². The van der Waals surface area contributed by atoms with Crippen molar-refractivity contribution in [2.75, 3.05) is 0 Å². The number of amides is 2. The summed E-state index contributed by atoms with van der Waals surface area (Å²) in [7, 11) is 0. The van der Waals surface area contributed by atoms with Crippen LogP contribution in [0, 0.1) is 17.8 Å². The molecule has 9 nitrogen and oxygen atoms in total. The third kappa shape index (κ3) is 6.80. The normalized spacial score (nSPS) is 19.1. The second-order valence-electron chi connectivity index (χ2n) is 11.9. The van der Waals surface area contributed by atoms with Crippen molar-refractivity contribution < 1.29 is 35.9 Å². The average molecular weight is 614 g/mol. The maximum Gasteiger partial charge on any atom is 0.389 e. The number of carbonyl (C=O) groups excluding carboxylic acids is 2. The van der Waals surface area contributed by atoms with Crippen molar-refractivity contribution in [2.24, 2.45) is 17.6 Å². The molecule has 2 aliphatic rings. The predicted octanol–water partition coefficient (Wildman–Crippen LogP) is 5.61. The van der Waals surface area contributed by atoms with E-state index < -0.39 is 73.4 Å². The molecule has 0 bridgehead atoms. The van der Waals surface area contributed by atoms with Crippen molar-refractivity contribution in [3.63, 3.8) is 0 Å². The lowest BCUT2D eigenvalue weighted by atomic mass is 9.76. The molecule has 2 fully saturated rings. The molecule has 15 heteroatoms. The van der Waals surface area contributed by atoms with Crippen LogP contribution in [-0.2, 0) is 4.79 Å². The van der Waals surface area contributed by atoms with Gasteiger partial charge in [-0.1, -0.05) is 0 Å². The fraction of sp³-hybridized carbons (Fsp3) is 0.607. The number of hydrogen-bond acceptors (Lipinski definition) is 5. The van der Waals surface area contributed by atoms with Crippen LogP contribution in [0.1, 0.15) is 111 Å². The number of fused-ring (bicyclic) bond motifs is 1. The highest BCUT2D eigenvalue weighted by atomic mass is 19.4. The van der Waals surface area contributed by atoms with Gasteiger partial charge in [-0.05, 0) is 69.1 Å². The molecular weight excluding hydrogens is 580 g/mol. The molecule has 2 saturated carbocycles. The smallest absolute Gasteiger partial charge is 0.364 e. The first-order valence-corrected chi connectivity index (χ1v) is 14.3. The van der Waals surface area contributed by atoms with Gasteiger partial charge in [0, 0.05) is 25.3 Å². The lowest BCUT2D eigenvalue weighted by molar-refractivity contribution is -0.144. The second-order valence-corrected chi connectivity index (χ2v) is 11.9. The van der Waals surface area contributed by atoms with Gasteiger partial charge in [-0.15, -0.1) is 0 Å². The van der Waals surface area contributed by atoms with E-state index in [4.69, 9.17) is 5.73 Å². The Morgan fingerprint density at radius 2 is 1.79 bits per heavy atom. The molecule has 0 radical (unpaired) electrons. The minimum absolute atomic E-state index is 0.0118. The zero-order valence-corrected chi connectivity index (χ0v) is 23.7. The van der Waals surface area contributed by atoms with Crippen LogP contribution in [0.3, 0.4) is 0 Å². The Labute approximate surface area is 243 Å². The summed E-state index contributed by atoms with van der Waals surface area (Å²) in [4.78, 5) is 29.0. The number of halogens is 6. The van der Waals surface area contributed by atoms with E-state index in [1.165, 1.54) is 23.0 Å². The maximum atomic E-state index is 16.0. The summed E-state index contributed by atoms with van der Waals surface area (Å²) in [6.07, 6.45) is -4.25. The van der Waals surface area contributed by atoms with Crippen molar-refractivity contribution in [3.8, 4) is 0 Å². The van der Waals surface area contributed by atoms with Crippen molar-refractivity contribution in [1.82, 2.24) is 29.7 Å². The van der Waals surface area contributed by atoms with Crippen LogP contribution in [0.2, 0.25) is 0 Å². The van der Waals surface area contributed by atoms with Gasteiger partial charge in [0.2, 0.25) is 17.8 Å². The number of rotatable bonds is 10. The molecule has 0 spiro atoms. The number of imidazole rings is 1. The number of nitrogens with one attached hydrogen (secondary N) is 1. The Hall–Kier alpha value is -3.65. The molecule has 0 saturated heterocycles. The van der Waals surface area contributed by atoms with Gasteiger partial charge >= 0.3 is 6.18 Å². The van der Waals surface area contributed by atoms with Gasteiger partial charge in [0.15, 0.2) is 5.65 Å². The summed E-state index contributed by atoms with van der Waals surface area (Å²) in [5, 5.41) is 11.4. The molecular formula is C28H33F6N7O2. The topological polar surface area (TPSA) is 120 Å². The molecule has 2 aliphatic carbocycles. The SMILES string of the molecule is CC(C)n1nc([C@H](c2nc3cc([C@H](NC(=O)CCC(F)(F)F)C4CC4)cnn3c2F)C2CCC(F)(F)CC2)cc1C(N)=O. The number of primary amides is 1. The number of nitrogens with two attached hydrogens (primary N) is 1. The van der Waals surface area contributed by atoms with Crippen molar-refractivity contribution in [2.45, 2.75) is 95.3 Å². The highest BCUT2D eigenvalue weighted by Gasteiger charge is 2.42. The first-order chi connectivity index (χ1) is 20.1. The van der Waals surface area contributed by atoms with E-state index in [2.05, 4.69) is 20.5 Å². The molecule has 3 aromatic rings. The third-order valence-electron chi connectivity index (χ3n) is 8.21. The average Bonchev–Trinajstić information content (AvgIpc) is 3.58. The summed E-state index contributed by atoms with van der Waals surface area (Å²) in [5.41, 5.74) is 6.38. The molecule has 43 heavy (non-hydrogen) atoms. The number of alkyl halides is 5. The summed E-state index contributed by atoms with van der Waals surface area (Å²) in [6.45, 7) is 3.57. The molecule has 2 atom stereocenters. The van der Waals surface area contributed by atoms with Crippen LogP contribution in [0.5, 0.6) is 0 Å². The zero-order valence-electron chi connectivity index (χ0n) is 23.7. The predicted molar refractivity (Wildman–Crippen MR) is 142 cm³/mol. The fourth-order valence-electron chi connectivity index (χ4n) is 5.86. The Balaban J connectivity index is 1.52. The second kappa shape index (κ2) is 11.5. The lowest BCUT2D eigenvalue weighted by Gasteiger charge is -2.32. The lowest BCUT2D eigenvalue weighted by Crippen LogP contribution is -2.31. The molecule has 234 valence electrons. The van der Waals surface area contributed by atoms with Crippen LogP contribution < -0.4 is 11.1 Å². The molecule has 0 aromatic carbocycles. The van der Waals surface area contributed by atoms with Gasteiger partial charge in [0.05, 0.1) is 30.3 Å². The van der Waals surface area contributed by atoms with Gasteiger partial charge in [-0.25, -0.2) is 13.8 Å².